The van der Waals surface area contributed by atoms with Gasteiger partial charge in [-0.3, -0.25) is 0 Å². The number of rotatable bonds is 5. The zero-order valence-electron chi connectivity index (χ0n) is 13.7. The Labute approximate surface area is 156 Å². The molecular formula is C18H16Cl2N4O. The number of aryl methyl sites for hydroxylation is 1. The van der Waals surface area contributed by atoms with Crippen LogP contribution in [0.3, 0.4) is 0 Å². The molecular weight excluding hydrogens is 359 g/mol. The predicted octanol–water partition coefficient (Wildman–Crippen LogP) is 5.59. The summed E-state index contributed by atoms with van der Waals surface area (Å²) in [5.41, 5.74) is 2.34. The zero-order valence-corrected chi connectivity index (χ0v) is 15.2. The van der Waals surface area contributed by atoms with Gasteiger partial charge in [-0.2, -0.15) is 4.98 Å². The third kappa shape index (κ3) is 4.53. The second kappa shape index (κ2) is 7.59. The summed E-state index contributed by atoms with van der Waals surface area (Å²) in [6.07, 6.45) is 0. The maximum absolute atomic E-state index is 6.06. The van der Waals surface area contributed by atoms with Crippen LogP contribution in [0, 0.1) is 6.92 Å². The lowest BCUT2D eigenvalue weighted by atomic mass is 10.3. The van der Waals surface area contributed by atoms with Crippen LogP contribution in [0.5, 0.6) is 5.75 Å². The van der Waals surface area contributed by atoms with Gasteiger partial charge in [0.15, 0.2) is 0 Å². The van der Waals surface area contributed by atoms with E-state index in [2.05, 4.69) is 20.6 Å². The van der Waals surface area contributed by atoms with Gasteiger partial charge in [-0.15, -0.1) is 0 Å². The third-order valence-corrected chi connectivity index (χ3v) is 3.83. The molecule has 128 valence electrons. The highest BCUT2D eigenvalue weighted by Gasteiger charge is 2.08. The fraction of sp³-hybridized carbons (Fsp3) is 0.111. The quantitative estimate of drug-likeness (QED) is 0.609. The molecule has 0 bridgehead atoms. The van der Waals surface area contributed by atoms with Crippen molar-refractivity contribution in [3.05, 3.63) is 64.3 Å². The molecule has 2 aromatic carbocycles. The molecule has 0 radical (unpaired) electrons. The number of nitrogens with zero attached hydrogens (tertiary/aromatic N) is 2. The average Bonchev–Trinajstić information content (AvgIpc) is 2.54. The van der Waals surface area contributed by atoms with Crippen molar-refractivity contribution < 1.29 is 4.74 Å². The van der Waals surface area contributed by atoms with E-state index in [9.17, 15) is 0 Å². The molecule has 0 aliphatic carbocycles. The summed E-state index contributed by atoms with van der Waals surface area (Å²) in [5, 5.41) is 7.61. The lowest BCUT2D eigenvalue weighted by Crippen LogP contribution is -2.03. The fourth-order valence-corrected chi connectivity index (χ4v) is 2.66. The highest BCUT2D eigenvalue weighted by Crippen LogP contribution is 2.30. The summed E-state index contributed by atoms with van der Waals surface area (Å²) in [4.78, 5) is 8.89. The van der Waals surface area contributed by atoms with Crippen LogP contribution in [-0.4, -0.2) is 17.1 Å². The van der Waals surface area contributed by atoms with Crippen molar-refractivity contribution in [1.82, 2.24) is 9.97 Å². The first-order valence-corrected chi connectivity index (χ1v) is 8.28. The van der Waals surface area contributed by atoms with Crippen molar-refractivity contribution >= 4 is 46.3 Å². The van der Waals surface area contributed by atoms with Gasteiger partial charge in [0.2, 0.25) is 5.95 Å². The molecule has 0 aliphatic heterocycles. The number of benzene rings is 2. The van der Waals surface area contributed by atoms with Gasteiger partial charge in [-0.1, -0.05) is 29.3 Å². The van der Waals surface area contributed by atoms with E-state index in [0.29, 0.717) is 33.2 Å². The number of hydrogen-bond acceptors (Lipinski definition) is 5. The maximum atomic E-state index is 6.06. The Hall–Kier alpha value is -2.50. The van der Waals surface area contributed by atoms with E-state index < -0.39 is 0 Å². The first kappa shape index (κ1) is 17.3. The molecule has 2 N–H and O–H groups in total. The molecule has 0 aliphatic rings. The second-order valence-corrected chi connectivity index (χ2v) is 6.20. The average molecular weight is 375 g/mol. The van der Waals surface area contributed by atoms with Crippen molar-refractivity contribution in [3.63, 3.8) is 0 Å². The van der Waals surface area contributed by atoms with Gasteiger partial charge >= 0.3 is 0 Å². The van der Waals surface area contributed by atoms with Gasteiger partial charge in [0.1, 0.15) is 11.6 Å². The minimum absolute atomic E-state index is 0.435. The molecule has 0 atom stereocenters. The van der Waals surface area contributed by atoms with Crippen LogP contribution in [0.2, 0.25) is 10.0 Å². The summed E-state index contributed by atoms with van der Waals surface area (Å²) >= 11 is 12.1. The summed E-state index contributed by atoms with van der Waals surface area (Å²) in [6.45, 7) is 1.89. The Morgan fingerprint density at radius 1 is 0.920 bits per heavy atom. The second-order valence-electron chi connectivity index (χ2n) is 5.32. The normalized spacial score (nSPS) is 10.4. The topological polar surface area (TPSA) is 59.1 Å². The first-order valence-electron chi connectivity index (χ1n) is 7.52. The maximum Gasteiger partial charge on any atom is 0.229 e. The summed E-state index contributed by atoms with van der Waals surface area (Å²) in [5.74, 6) is 1.74. The number of anilines is 4. The Kier molecular flexibility index (Phi) is 5.26. The smallest absolute Gasteiger partial charge is 0.229 e. The van der Waals surface area contributed by atoms with Gasteiger partial charge in [-0.25, -0.2) is 4.98 Å². The molecule has 0 spiro atoms. The van der Waals surface area contributed by atoms with E-state index in [1.54, 1.807) is 25.3 Å². The molecule has 25 heavy (non-hydrogen) atoms. The highest BCUT2D eigenvalue weighted by molar-refractivity contribution is 6.31. The molecule has 0 saturated carbocycles. The Bertz CT molecular complexity index is 902. The number of halogens is 2. The van der Waals surface area contributed by atoms with Gasteiger partial charge < -0.3 is 15.4 Å². The lowest BCUT2D eigenvalue weighted by molar-refractivity contribution is 0.417. The molecule has 5 nitrogen and oxygen atoms in total. The van der Waals surface area contributed by atoms with Crippen molar-refractivity contribution in [3.8, 4) is 5.75 Å². The number of aromatic nitrogens is 2. The van der Waals surface area contributed by atoms with Gasteiger partial charge in [0.05, 0.1) is 12.8 Å². The van der Waals surface area contributed by atoms with Crippen molar-refractivity contribution in [1.29, 1.82) is 0 Å². The van der Waals surface area contributed by atoms with Gasteiger partial charge in [0.25, 0.3) is 0 Å². The summed E-state index contributed by atoms with van der Waals surface area (Å²) in [7, 11) is 1.59. The van der Waals surface area contributed by atoms with Crippen LogP contribution >= 0.6 is 23.2 Å². The largest absolute Gasteiger partial charge is 0.495 e. The number of hydrogen-bond donors (Lipinski definition) is 2. The number of methoxy groups -OCH3 is 1. The van der Waals surface area contributed by atoms with E-state index in [1.165, 1.54) is 0 Å². The van der Waals surface area contributed by atoms with Crippen molar-refractivity contribution in [2.24, 2.45) is 0 Å². The van der Waals surface area contributed by atoms with Crippen LogP contribution in [0.15, 0.2) is 48.5 Å². The highest BCUT2D eigenvalue weighted by atomic mass is 35.5. The van der Waals surface area contributed by atoms with Crippen LogP contribution in [0.25, 0.3) is 0 Å². The molecule has 7 heteroatoms. The minimum atomic E-state index is 0.435. The fourth-order valence-electron chi connectivity index (χ4n) is 2.30. The van der Waals surface area contributed by atoms with Gasteiger partial charge in [0, 0.05) is 27.5 Å². The van der Waals surface area contributed by atoms with E-state index in [4.69, 9.17) is 27.9 Å². The Balaban J connectivity index is 1.88. The SMILES string of the molecule is COc1ccc(Cl)cc1Nc1nc(C)cc(Nc2cccc(Cl)c2)n1. The molecule has 0 unspecified atom stereocenters. The van der Waals surface area contributed by atoms with E-state index >= 15 is 0 Å². The van der Waals surface area contributed by atoms with E-state index in [1.807, 2.05) is 37.3 Å². The molecule has 0 amide bonds. The molecule has 3 rings (SSSR count). The van der Waals surface area contributed by atoms with E-state index in [0.717, 1.165) is 11.4 Å². The van der Waals surface area contributed by atoms with Crippen molar-refractivity contribution in [2.45, 2.75) is 6.92 Å². The molecule has 3 aromatic rings. The molecule has 0 saturated heterocycles. The van der Waals surface area contributed by atoms with Crippen molar-refractivity contribution in [2.75, 3.05) is 17.7 Å². The van der Waals surface area contributed by atoms with Gasteiger partial charge in [-0.05, 0) is 43.3 Å². The summed E-state index contributed by atoms with van der Waals surface area (Å²) in [6, 6.07) is 14.6. The van der Waals surface area contributed by atoms with E-state index in [-0.39, 0.29) is 0 Å². The van der Waals surface area contributed by atoms with Crippen LogP contribution < -0.4 is 15.4 Å². The monoisotopic (exact) mass is 374 g/mol. The first-order chi connectivity index (χ1) is 12.0. The minimum Gasteiger partial charge on any atom is -0.495 e. The van der Waals surface area contributed by atoms with Crippen LogP contribution in [0.1, 0.15) is 5.69 Å². The predicted molar refractivity (Wildman–Crippen MR) is 103 cm³/mol. The standard InChI is InChI=1S/C18H16Cl2N4O/c1-11-8-17(22-14-5-3-4-12(19)9-14)24-18(21-11)23-15-10-13(20)6-7-16(15)25-2/h3-10H,1-2H3,(H2,21,22,23,24). The lowest BCUT2D eigenvalue weighted by Gasteiger charge is -2.12. The van der Waals surface area contributed by atoms with Crippen LogP contribution in [-0.2, 0) is 0 Å². The third-order valence-electron chi connectivity index (χ3n) is 3.36. The number of nitrogens with one attached hydrogen (secondary N) is 2. The molecule has 1 heterocycles. The van der Waals surface area contributed by atoms with Crippen LogP contribution in [0.4, 0.5) is 23.1 Å². The number of ether oxygens (including phenoxy) is 1. The molecule has 0 fully saturated rings. The zero-order chi connectivity index (χ0) is 17.8. The molecule has 1 aromatic heterocycles. The summed E-state index contributed by atoms with van der Waals surface area (Å²) < 4.78 is 5.33. The Morgan fingerprint density at radius 3 is 2.48 bits per heavy atom. The Morgan fingerprint density at radius 2 is 1.72 bits per heavy atom.